The van der Waals surface area contributed by atoms with E-state index in [0.29, 0.717) is 26.2 Å². The third-order valence-electron chi connectivity index (χ3n) is 3.81. The second-order valence-electron chi connectivity index (χ2n) is 6.81. The number of guanidine groups is 1. The molecule has 1 atom stereocenters. The standard InChI is InChI=1S/C14H24N4O5/c1-10(2)23-13(19)17-6-5-16(12(17)15-18(20)21)8-11-7-14(3,4)22-9-11/h10-11H,5-9H2,1-4H3. The molecule has 2 fully saturated rings. The van der Waals surface area contributed by atoms with Crippen LogP contribution in [0.4, 0.5) is 4.79 Å². The van der Waals surface area contributed by atoms with Crippen molar-refractivity contribution in [3.63, 3.8) is 0 Å². The van der Waals surface area contributed by atoms with Gasteiger partial charge in [-0.2, -0.15) is 0 Å². The van der Waals surface area contributed by atoms with Gasteiger partial charge in [0.05, 0.1) is 24.9 Å². The van der Waals surface area contributed by atoms with E-state index in [1.165, 1.54) is 4.90 Å². The highest BCUT2D eigenvalue weighted by atomic mass is 16.7. The molecule has 0 spiro atoms. The molecule has 0 bridgehead atoms. The van der Waals surface area contributed by atoms with Crippen LogP contribution in [-0.4, -0.2) is 64.8 Å². The maximum Gasteiger partial charge on any atom is 0.417 e. The van der Waals surface area contributed by atoms with Gasteiger partial charge in [-0.3, -0.25) is 0 Å². The monoisotopic (exact) mass is 328 g/mol. The molecule has 0 aromatic heterocycles. The van der Waals surface area contributed by atoms with Gasteiger partial charge in [0.1, 0.15) is 5.10 Å². The lowest BCUT2D eigenvalue weighted by molar-refractivity contribution is -0.486. The summed E-state index contributed by atoms with van der Waals surface area (Å²) in [7, 11) is 0. The van der Waals surface area contributed by atoms with E-state index in [0.717, 1.165) is 6.42 Å². The van der Waals surface area contributed by atoms with Crippen LogP contribution in [0.5, 0.6) is 0 Å². The number of hydrogen-bond acceptors (Lipinski definition) is 5. The number of ether oxygens (including phenoxy) is 2. The largest absolute Gasteiger partial charge is 0.446 e. The fraction of sp³-hybridized carbons (Fsp3) is 0.857. The number of nitrogens with zero attached hydrogens (tertiary/aromatic N) is 4. The molecule has 0 radical (unpaired) electrons. The molecule has 2 saturated heterocycles. The first-order valence-electron chi connectivity index (χ1n) is 7.78. The molecule has 2 heterocycles. The second kappa shape index (κ2) is 6.69. The number of carbonyl (C=O) groups is 1. The van der Waals surface area contributed by atoms with E-state index in [-0.39, 0.29) is 23.6 Å². The fourth-order valence-corrected chi connectivity index (χ4v) is 2.98. The van der Waals surface area contributed by atoms with E-state index in [1.807, 2.05) is 13.8 Å². The third-order valence-corrected chi connectivity index (χ3v) is 3.81. The van der Waals surface area contributed by atoms with Gasteiger partial charge in [0.25, 0.3) is 5.96 Å². The number of carbonyl (C=O) groups excluding carboxylic acids is 1. The van der Waals surface area contributed by atoms with Crippen molar-refractivity contribution in [2.24, 2.45) is 11.0 Å². The van der Waals surface area contributed by atoms with Gasteiger partial charge in [0, 0.05) is 19.0 Å². The predicted octanol–water partition coefficient (Wildman–Crippen LogP) is 1.51. The molecule has 0 aromatic carbocycles. The van der Waals surface area contributed by atoms with E-state index in [1.54, 1.807) is 18.7 Å². The number of rotatable bonds is 4. The molecule has 1 unspecified atom stereocenters. The molecule has 2 aliphatic heterocycles. The van der Waals surface area contributed by atoms with Crippen molar-refractivity contribution in [1.29, 1.82) is 0 Å². The molecule has 0 aliphatic carbocycles. The van der Waals surface area contributed by atoms with E-state index in [2.05, 4.69) is 5.10 Å². The van der Waals surface area contributed by atoms with Gasteiger partial charge in [-0.1, -0.05) is 0 Å². The summed E-state index contributed by atoms with van der Waals surface area (Å²) in [5, 5.41) is 13.4. The summed E-state index contributed by atoms with van der Waals surface area (Å²) in [6.07, 6.45) is -0.0327. The Morgan fingerprint density at radius 1 is 1.52 bits per heavy atom. The zero-order valence-electron chi connectivity index (χ0n) is 14.0. The lowest BCUT2D eigenvalue weighted by atomic mass is 9.97. The summed E-state index contributed by atoms with van der Waals surface area (Å²) < 4.78 is 10.8. The minimum atomic E-state index is -0.779. The SMILES string of the molecule is CC(C)OC(=O)N1CCN(CC2COC(C)(C)C2)C1=N[N+](=O)[O-]. The Kier molecular flexibility index (Phi) is 5.08. The van der Waals surface area contributed by atoms with Crippen LogP contribution in [0.25, 0.3) is 0 Å². The minimum Gasteiger partial charge on any atom is -0.446 e. The van der Waals surface area contributed by atoms with E-state index < -0.39 is 11.1 Å². The van der Waals surface area contributed by atoms with E-state index in [4.69, 9.17) is 9.47 Å². The van der Waals surface area contributed by atoms with Gasteiger partial charge >= 0.3 is 6.09 Å². The molecule has 1 amide bonds. The van der Waals surface area contributed by atoms with Crippen LogP contribution in [0, 0.1) is 16.0 Å². The van der Waals surface area contributed by atoms with Crippen molar-refractivity contribution in [3.8, 4) is 0 Å². The van der Waals surface area contributed by atoms with Crippen LogP contribution in [0.1, 0.15) is 34.1 Å². The van der Waals surface area contributed by atoms with Gasteiger partial charge in [-0.05, 0) is 34.1 Å². The molecule has 0 saturated carbocycles. The fourth-order valence-electron chi connectivity index (χ4n) is 2.98. The topological polar surface area (TPSA) is 97.5 Å². The summed E-state index contributed by atoms with van der Waals surface area (Å²) in [6.45, 7) is 9.51. The van der Waals surface area contributed by atoms with Crippen molar-refractivity contribution in [1.82, 2.24) is 9.80 Å². The number of amides is 1. The second-order valence-corrected chi connectivity index (χ2v) is 6.81. The van der Waals surface area contributed by atoms with Crippen LogP contribution in [-0.2, 0) is 9.47 Å². The zero-order chi connectivity index (χ0) is 17.2. The average Bonchev–Trinajstić information content (AvgIpc) is 2.93. The first-order chi connectivity index (χ1) is 10.7. The lowest BCUT2D eigenvalue weighted by Crippen LogP contribution is -2.41. The Morgan fingerprint density at radius 3 is 2.74 bits per heavy atom. The van der Waals surface area contributed by atoms with Gasteiger partial charge in [0.2, 0.25) is 0 Å². The summed E-state index contributed by atoms with van der Waals surface area (Å²) >= 11 is 0. The Balaban J connectivity index is 2.08. The normalized spacial score (nSPS) is 25.4. The molecule has 2 aliphatic rings. The maximum atomic E-state index is 12.1. The molecule has 9 nitrogen and oxygen atoms in total. The molecular weight excluding hydrogens is 304 g/mol. The predicted molar refractivity (Wildman–Crippen MR) is 82.5 cm³/mol. The van der Waals surface area contributed by atoms with E-state index >= 15 is 0 Å². The highest BCUT2D eigenvalue weighted by molar-refractivity contribution is 5.95. The van der Waals surface area contributed by atoms with Crippen LogP contribution in [0.2, 0.25) is 0 Å². The molecular formula is C14H24N4O5. The van der Waals surface area contributed by atoms with Crippen molar-refractivity contribution >= 4 is 12.1 Å². The number of hydrogen-bond donors (Lipinski definition) is 0. The summed E-state index contributed by atoms with van der Waals surface area (Å²) in [5.41, 5.74) is -0.180. The Hall–Kier alpha value is -1.90. The van der Waals surface area contributed by atoms with Gasteiger partial charge in [0.15, 0.2) is 5.03 Å². The van der Waals surface area contributed by atoms with Crippen molar-refractivity contribution < 1.29 is 19.3 Å². The molecule has 0 aromatic rings. The first kappa shape index (κ1) is 17.5. The van der Waals surface area contributed by atoms with Crippen molar-refractivity contribution in [3.05, 3.63) is 10.1 Å². The number of nitro groups is 1. The number of hydrazone groups is 1. The third kappa shape index (κ3) is 4.54. The minimum absolute atomic E-state index is 0.0466. The molecule has 0 N–H and O–H groups in total. The molecule has 23 heavy (non-hydrogen) atoms. The van der Waals surface area contributed by atoms with E-state index in [9.17, 15) is 14.9 Å². The maximum absolute atomic E-state index is 12.1. The highest BCUT2D eigenvalue weighted by Crippen LogP contribution is 2.30. The van der Waals surface area contributed by atoms with Crippen molar-refractivity contribution in [2.75, 3.05) is 26.2 Å². The summed E-state index contributed by atoms with van der Waals surface area (Å²) in [6, 6.07) is 0. The van der Waals surface area contributed by atoms with Crippen molar-refractivity contribution in [2.45, 2.75) is 45.8 Å². The smallest absolute Gasteiger partial charge is 0.417 e. The molecule has 2 rings (SSSR count). The molecule has 9 heteroatoms. The van der Waals surface area contributed by atoms with Crippen LogP contribution < -0.4 is 0 Å². The Labute approximate surface area is 135 Å². The van der Waals surface area contributed by atoms with Gasteiger partial charge in [-0.25, -0.2) is 19.8 Å². The lowest BCUT2D eigenvalue weighted by Gasteiger charge is -2.22. The Bertz CT molecular complexity index is 505. The zero-order valence-corrected chi connectivity index (χ0v) is 14.0. The van der Waals surface area contributed by atoms with Gasteiger partial charge < -0.3 is 14.4 Å². The highest BCUT2D eigenvalue weighted by Gasteiger charge is 2.39. The van der Waals surface area contributed by atoms with Gasteiger partial charge in [-0.15, -0.1) is 0 Å². The molecule has 130 valence electrons. The average molecular weight is 328 g/mol. The quantitative estimate of drug-likeness (QED) is 0.573. The van der Waals surface area contributed by atoms with Crippen LogP contribution >= 0.6 is 0 Å². The van der Waals surface area contributed by atoms with Crippen LogP contribution in [0.15, 0.2) is 5.10 Å². The Morgan fingerprint density at radius 2 is 2.22 bits per heavy atom. The van der Waals surface area contributed by atoms with Crippen LogP contribution in [0.3, 0.4) is 0 Å². The first-order valence-corrected chi connectivity index (χ1v) is 7.78. The summed E-state index contributed by atoms with van der Waals surface area (Å²) in [5.74, 6) is 0.299. The summed E-state index contributed by atoms with van der Waals surface area (Å²) in [4.78, 5) is 25.9.